The van der Waals surface area contributed by atoms with Crippen LogP contribution in [-0.4, -0.2) is 59.2 Å². The van der Waals surface area contributed by atoms with Crippen molar-refractivity contribution in [1.82, 2.24) is 10.2 Å². The van der Waals surface area contributed by atoms with Gasteiger partial charge in [0, 0.05) is 6.54 Å². The first-order chi connectivity index (χ1) is 14.3. The fourth-order valence-electron chi connectivity index (χ4n) is 3.38. The van der Waals surface area contributed by atoms with Gasteiger partial charge in [-0.05, 0) is 30.7 Å². The average molecular weight is 413 g/mol. The predicted octanol–water partition coefficient (Wildman–Crippen LogP) is 1.43. The molecule has 1 aliphatic heterocycles. The third-order valence-corrected chi connectivity index (χ3v) is 4.86. The third kappa shape index (κ3) is 6.90. The third-order valence-electron chi connectivity index (χ3n) is 4.86. The molecule has 1 heterocycles. The van der Waals surface area contributed by atoms with E-state index in [4.69, 9.17) is 4.74 Å². The molecule has 1 aliphatic rings. The summed E-state index contributed by atoms with van der Waals surface area (Å²) < 4.78 is 5.25. The number of rotatable bonds is 8. The number of likely N-dealkylation sites (tertiary alicyclic amines) is 1. The molecule has 1 aromatic rings. The van der Waals surface area contributed by atoms with Crippen molar-refractivity contribution in [3.63, 3.8) is 0 Å². The van der Waals surface area contributed by atoms with Gasteiger partial charge in [-0.2, -0.15) is 5.26 Å². The maximum atomic E-state index is 12.7. The van der Waals surface area contributed by atoms with Gasteiger partial charge in [0.05, 0.1) is 12.0 Å². The molecule has 0 radical (unpaired) electrons. The zero-order valence-electron chi connectivity index (χ0n) is 17.3. The number of allylic oxidation sites excluding steroid dienone is 1. The highest BCUT2D eigenvalue weighted by atomic mass is 16.5. The van der Waals surface area contributed by atoms with E-state index in [-0.39, 0.29) is 36.5 Å². The Morgan fingerprint density at radius 2 is 2.07 bits per heavy atom. The minimum atomic E-state index is -1.75. The van der Waals surface area contributed by atoms with Gasteiger partial charge < -0.3 is 25.0 Å². The number of nitrogens with zero attached hydrogens (tertiary/aromatic N) is 2. The van der Waals surface area contributed by atoms with Crippen LogP contribution in [0.5, 0.6) is 0 Å². The maximum absolute atomic E-state index is 12.7. The van der Waals surface area contributed by atoms with Crippen molar-refractivity contribution in [3.05, 3.63) is 47.5 Å². The summed E-state index contributed by atoms with van der Waals surface area (Å²) in [5.41, 5.74) is 0.928. The number of hydrogen-bond donors (Lipinski definition) is 3. The quantitative estimate of drug-likeness (QED) is 0.337. The largest absolute Gasteiger partial charge is 0.475 e. The summed E-state index contributed by atoms with van der Waals surface area (Å²) in [6.45, 7) is 4.25. The van der Waals surface area contributed by atoms with E-state index in [2.05, 4.69) is 5.32 Å². The molecule has 1 aromatic carbocycles. The lowest BCUT2D eigenvalue weighted by Gasteiger charge is -2.25. The van der Waals surface area contributed by atoms with Crippen molar-refractivity contribution in [3.8, 4) is 6.07 Å². The second kappa shape index (κ2) is 11.4. The van der Waals surface area contributed by atoms with Gasteiger partial charge in [0.2, 0.25) is 0 Å². The number of hydrogen-bond acceptors (Lipinski definition) is 6. The number of ether oxygens (including phenoxy) is 1. The summed E-state index contributed by atoms with van der Waals surface area (Å²) in [6.07, 6.45) is 2.49. The molecule has 160 valence electrons. The van der Waals surface area contributed by atoms with Crippen molar-refractivity contribution in [2.75, 3.05) is 13.2 Å². The van der Waals surface area contributed by atoms with E-state index >= 15 is 0 Å². The Kier molecular flexibility index (Phi) is 8.90. The number of nitrogens with one attached hydrogen (secondary N) is 1. The monoisotopic (exact) mass is 413 g/mol. The zero-order valence-corrected chi connectivity index (χ0v) is 17.3. The number of amides is 2. The van der Waals surface area contributed by atoms with Gasteiger partial charge in [-0.15, -0.1) is 0 Å². The van der Waals surface area contributed by atoms with Crippen LogP contribution >= 0.6 is 0 Å². The van der Waals surface area contributed by atoms with Crippen LogP contribution in [0.1, 0.15) is 32.3 Å². The minimum Gasteiger partial charge on any atom is -0.447 e. The molecule has 8 nitrogen and oxygen atoms in total. The molecule has 3 N–H and O–H groups in total. The lowest BCUT2D eigenvalue weighted by Crippen LogP contribution is -2.49. The van der Waals surface area contributed by atoms with E-state index in [9.17, 15) is 24.9 Å². The van der Waals surface area contributed by atoms with Crippen LogP contribution in [-0.2, 0) is 16.0 Å². The van der Waals surface area contributed by atoms with Crippen molar-refractivity contribution in [1.29, 1.82) is 5.26 Å². The molecule has 9 heteroatoms. The van der Waals surface area contributed by atoms with Crippen LogP contribution in [0.4, 0.5) is 4.79 Å². The Morgan fingerprint density at radius 1 is 1.37 bits per heavy atom. The van der Waals surface area contributed by atoms with Crippen molar-refractivity contribution in [2.24, 2.45) is 5.92 Å². The van der Waals surface area contributed by atoms with Gasteiger partial charge in [-0.3, -0.25) is 4.79 Å². The highest BCUT2D eigenvalue weighted by molar-refractivity contribution is 6.43. The van der Waals surface area contributed by atoms with Crippen molar-refractivity contribution >= 4 is 19.1 Å². The molecular formula is C21H28BN3O5. The van der Waals surface area contributed by atoms with Gasteiger partial charge in [0.1, 0.15) is 18.2 Å². The molecule has 1 fully saturated rings. The number of nitriles is 1. The topological polar surface area (TPSA) is 123 Å². The Balaban J connectivity index is 1.92. The molecule has 0 spiro atoms. The normalized spacial score (nSPS) is 17.4. The van der Waals surface area contributed by atoms with E-state index in [1.165, 1.54) is 0 Å². The maximum Gasteiger partial charge on any atom is 0.475 e. The molecule has 0 aromatic heterocycles. The summed E-state index contributed by atoms with van der Waals surface area (Å²) in [4.78, 5) is 26.4. The van der Waals surface area contributed by atoms with Crippen molar-refractivity contribution in [2.45, 2.75) is 45.1 Å². The number of carbonyl (C=O) groups excluding carboxylic acids is 2. The van der Waals surface area contributed by atoms with Crippen LogP contribution in [0.2, 0.25) is 0 Å². The van der Waals surface area contributed by atoms with E-state index in [0.717, 1.165) is 12.0 Å². The summed E-state index contributed by atoms with van der Waals surface area (Å²) in [5.74, 6) is -1.22. The fourth-order valence-corrected chi connectivity index (χ4v) is 3.38. The second-order valence-electron chi connectivity index (χ2n) is 7.68. The molecule has 2 rings (SSSR count). The number of benzene rings is 1. The Morgan fingerprint density at radius 3 is 2.67 bits per heavy atom. The van der Waals surface area contributed by atoms with E-state index in [1.807, 2.05) is 50.2 Å². The van der Waals surface area contributed by atoms with E-state index in [1.54, 1.807) is 11.0 Å². The van der Waals surface area contributed by atoms with Gasteiger partial charge in [0.15, 0.2) is 0 Å². The Labute approximate surface area is 177 Å². The molecule has 0 unspecified atom stereocenters. The number of alkyl carbamates (subject to hydrolysis) is 1. The molecule has 2 amide bonds. The standard InChI is InChI=1S/C21H28BN3O5/c1-15(2)11-17(13-23)20(26)25-10-6-9-18(25)14-30-21(27)24-19(22(28)29)12-16-7-4-3-5-8-16/h3-5,7-8,11,15,18-19,28-29H,6,9-10,12,14H2,1-2H3,(H,24,27)/b17-11-/t18-,19+/m1/s1. The van der Waals surface area contributed by atoms with Crippen molar-refractivity contribution < 1.29 is 24.4 Å². The fraction of sp³-hybridized carbons (Fsp3) is 0.476. The molecule has 1 saturated heterocycles. The van der Waals surface area contributed by atoms with Crippen LogP contribution in [0.3, 0.4) is 0 Å². The lowest BCUT2D eigenvalue weighted by atomic mass is 9.76. The zero-order chi connectivity index (χ0) is 22.1. The first kappa shape index (κ1) is 23.5. The van der Waals surface area contributed by atoms with Crippen LogP contribution in [0, 0.1) is 17.2 Å². The van der Waals surface area contributed by atoms with Gasteiger partial charge in [-0.1, -0.05) is 50.3 Å². The Hall–Kier alpha value is -2.83. The summed E-state index contributed by atoms with van der Waals surface area (Å²) >= 11 is 0. The second-order valence-corrected chi connectivity index (χ2v) is 7.68. The van der Waals surface area contributed by atoms with Crippen LogP contribution in [0.15, 0.2) is 42.0 Å². The lowest BCUT2D eigenvalue weighted by molar-refractivity contribution is -0.128. The average Bonchev–Trinajstić information content (AvgIpc) is 3.18. The van der Waals surface area contributed by atoms with Crippen LogP contribution < -0.4 is 5.32 Å². The summed E-state index contributed by atoms with van der Waals surface area (Å²) in [5, 5.41) is 30.9. The van der Waals surface area contributed by atoms with Crippen LogP contribution in [0.25, 0.3) is 0 Å². The molecule has 0 bridgehead atoms. The molecule has 0 saturated carbocycles. The Bertz CT molecular complexity index is 792. The van der Waals surface area contributed by atoms with E-state index in [0.29, 0.717) is 13.0 Å². The minimum absolute atomic E-state index is 0.0302. The smallest absolute Gasteiger partial charge is 0.447 e. The summed E-state index contributed by atoms with van der Waals surface area (Å²) in [7, 11) is -1.75. The van der Waals surface area contributed by atoms with E-state index < -0.39 is 19.2 Å². The number of carbonyl (C=O) groups is 2. The first-order valence-electron chi connectivity index (χ1n) is 10.1. The SMILES string of the molecule is CC(C)/C=C(/C#N)C(=O)N1CCC[C@@H]1COC(=O)N[C@@H](Cc1ccccc1)B(O)O. The molecule has 2 atom stereocenters. The van der Waals surface area contributed by atoms with Gasteiger partial charge in [-0.25, -0.2) is 4.79 Å². The first-order valence-corrected chi connectivity index (χ1v) is 10.1. The molecule has 0 aliphatic carbocycles. The van der Waals surface area contributed by atoms with Gasteiger partial charge in [0.25, 0.3) is 5.91 Å². The predicted molar refractivity (Wildman–Crippen MR) is 112 cm³/mol. The van der Waals surface area contributed by atoms with Gasteiger partial charge >= 0.3 is 13.2 Å². The summed E-state index contributed by atoms with van der Waals surface area (Å²) in [6, 6.07) is 10.8. The molecular weight excluding hydrogens is 385 g/mol. The molecule has 30 heavy (non-hydrogen) atoms. The highest BCUT2D eigenvalue weighted by Gasteiger charge is 2.32. The highest BCUT2D eigenvalue weighted by Crippen LogP contribution is 2.20.